The third kappa shape index (κ3) is 1.82. The van der Waals surface area contributed by atoms with Gasteiger partial charge in [-0.2, -0.15) is 0 Å². The number of imidazole rings is 1. The summed E-state index contributed by atoms with van der Waals surface area (Å²) in [6.45, 7) is 0. The monoisotopic (exact) mass is 291 g/mol. The van der Waals surface area contributed by atoms with Crippen LogP contribution in [0.1, 0.15) is 0 Å². The molecule has 0 aliphatic rings. The van der Waals surface area contributed by atoms with Gasteiger partial charge in [-0.05, 0) is 40.2 Å². The van der Waals surface area contributed by atoms with Crippen LogP contribution in [0.4, 0.5) is 4.39 Å². The number of rotatable bonds is 1. The molecule has 0 spiro atoms. The lowest BCUT2D eigenvalue weighted by Gasteiger charge is -2.00. The average Bonchev–Trinajstić information content (AvgIpc) is 2.72. The molecule has 84 valence electrons. The van der Waals surface area contributed by atoms with Crippen LogP contribution in [0.15, 0.2) is 41.1 Å². The van der Waals surface area contributed by atoms with Crippen molar-refractivity contribution < 1.29 is 4.39 Å². The van der Waals surface area contributed by atoms with Crippen molar-refractivity contribution in [1.82, 2.24) is 15.0 Å². The van der Waals surface area contributed by atoms with E-state index in [4.69, 9.17) is 0 Å². The summed E-state index contributed by atoms with van der Waals surface area (Å²) in [6.07, 6.45) is 3.40. The van der Waals surface area contributed by atoms with E-state index in [-0.39, 0.29) is 5.82 Å². The van der Waals surface area contributed by atoms with Crippen molar-refractivity contribution in [2.45, 2.75) is 0 Å². The number of fused-ring (bicyclic) bond motifs is 1. The highest BCUT2D eigenvalue weighted by molar-refractivity contribution is 9.10. The summed E-state index contributed by atoms with van der Waals surface area (Å²) in [6, 6.07) is 6.34. The van der Waals surface area contributed by atoms with Crippen LogP contribution >= 0.6 is 15.9 Å². The predicted octanol–water partition coefficient (Wildman–Crippen LogP) is 3.53. The van der Waals surface area contributed by atoms with E-state index < -0.39 is 0 Å². The summed E-state index contributed by atoms with van der Waals surface area (Å²) in [5, 5.41) is 0. The molecule has 0 bridgehead atoms. The van der Waals surface area contributed by atoms with Gasteiger partial charge in [-0.3, -0.25) is 4.98 Å². The zero-order chi connectivity index (χ0) is 11.8. The fourth-order valence-electron chi connectivity index (χ4n) is 1.67. The van der Waals surface area contributed by atoms with Gasteiger partial charge in [0.15, 0.2) is 0 Å². The van der Waals surface area contributed by atoms with Crippen molar-refractivity contribution >= 4 is 27.0 Å². The smallest absolute Gasteiger partial charge is 0.139 e. The van der Waals surface area contributed by atoms with E-state index in [9.17, 15) is 4.39 Å². The van der Waals surface area contributed by atoms with E-state index in [1.165, 1.54) is 12.1 Å². The van der Waals surface area contributed by atoms with Gasteiger partial charge in [-0.1, -0.05) is 0 Å². The van der Waals surface area contributed by atoms with Gasteiger partial charge in [0.05, 0.1) is 17.2 Å². The highest BCUT2D eigenvalue weighted by Gasteiger charge is 2.09. The normalized spacial score (nSPS) is 10.9. The second-order valence-corrected chi connectivity index (χ2v) is 4.46. The van der Waals surface area contributed by atoms with Gasteiger partial charge >= 0.3 is 0 Å². The van der Waals surface area contributed by atoms with Crippen LogP contribution in [0, 0.1) is 5.82 Å². The topological polar surface area (TPSA) is 41.6 Å². The molecule has 17 heavy (non-hydrogen) atoms. The first-order chi connectivity index (χ1) is 8.24. The minimum atomic E-state index is -0.279. The second kappa shape index (κ2) is 3.92. The van der Waals surface area contributed by atoms with Crippen molar-refractivity contribution in [3.05, 3.63) is 46.9 Å². The summed E-state index contributed by atoms with van der Waals surface area (Å²) < 4.78 is 13.7. The maximum Gasteiger partial charge on any atom is 0.139 e. The number of halogens is 2. The van der Waals surface area contributed by atoms with E-state index in [1.807, 2.05) is 6.07 Å². The molecule has 1 aromatic carbocycles. The van der Waals surface area contributed by atoms with Gasteiger partial charge in [-0.15, -0.1) is 0 Å². The molecule has 0 amide bonds. The van der Waals surface area contributed by atoms with E-state index in [0.717, 1.165) is 16.6 Å². The van der Waals surface area contributed by atoms with Crippen molar-refractivity contribution in [2.24, 2.45) is 0 Å². The molecule has 0 fully saturated rings. The first-order valence-corrected chi connectivity index (χ1v) is 5.78. The van der Waals surface area contributed by atoms with Crippen LogP contribution in [0.2, 0.25) is 0 Å². The first-order valence-electron chi connectivity index (χ1n) is 4.99. The summed E-state index contributed by atoms with van der Waals surface area (Å²) >= 11 is 3.33. The molecule has 0 aliphatic carbocycles. The Morgan fingerprint density at radius 3 is 2.88 bits per heavy atom. The Morgan fingerprint density at radius 2 is 2.12 bits per heavy atom. The lowest BCUT2D eigenvalue weighted by atomic mass is 10.2. The number of H-pyrrole nitrogens is 1. The molecule has 2 aromatic heterocycles. The second-order valence-electron chi connectivity index (χ2n) is 3.60. The average molecular weight is 292 g/mol. The number of aromatic amines is 1. The molecule has 1 N–H and O–H groups in total. The molecule has 0 aliphatic heterocycles. The van der Waals surface area contributed by atoms with Crippen molar-refractivity contribution in [2.75, 3.05) is 0 Å². The third-order valence-electron chi connectivity index (χ3n) is 2.47. The highest BCUT2D eigenvalue weighted by atomic mass is 79.9. The van der Waals surface area contributed by atoms with E-state index in [1.54, 1.807) is 18.5 Å². The first kappa shape index (κ1) is 10.4. The Kier molecular flexibility index (Phi) is 2.40. The lowest BCUT2D eigenvalue weighted by molar-refractivity contribution is 0.627. The lowest BCUT2D eigenvalue weighted by Crippen LogP contribution is -1.83. The van der Waals surface area contributed by atoms with E-state index in [0.29, 0.717) is 10.3 Å². The molecule has 3 aromatic rings. The van der Waals surface area contributed by atoms with Crippen LogP contribution in [-0.2, 0) is 0 Å². The molecule has 2 heterocycles. The molecule has 0 radical (unpaired) electrons. The summed E-state index contributed by atoms with van der Waals surface area (Å²) in [5.41, 5.74) is 2.52. The van der Waals surface area contributed by atoms with Crippen molar-refractivity contribution in [1.29, 1.82) is 0 Å². The third-order valence-corrected chi connectivity index (χ3v) is 3.13. The molecule has 0 saturated carbocycles. The van der Waals surface area contributed by atoms with Gasteiger partial charge in [-0.25, -0.2) is 9.37 Å². The number of benzene rings is 1. The standard InChI is InChI=1S/C12H7BrFN3/c13-9-5-7(14)1-2-8(9)12-16-10-3-4-15-6-11(10)17-12/h1-6H,(H,16,17). The summed E-state index contributed by atoms with van der Waals surface area (Å²) in [5.74, 6) is 0.415. The van der Waals surface area contributed by atoms with Crippen LogP contribution in [0.5, 0.6) is 0 Å². The fourth-order valence-corrected chi connectivity index (χ4v) is 2.20. The SMILES string of the molecule is Fc1ccc(-c2nc3ccncc3[nH]2)c(Br)c1. The van der Waals surface area contributed by atoms with E-state index >= 15 is 0 Å². The fraction of sp³-hybridized carbons (Fsp3) is 0. The molecule has 0 unspecified atom stereocenters. The summed E-state index contributed by atoms with van der Waals surface area (Å²) in [4.78, 5) is 11.6. The Hall–Kier alpha value is -1.75. The Morgan fingerprint density at radius 1 is 1.24 bits per heavy atom. The van der Waals surface area contributed by atoms with Crippen LogP contribution in [-0.4, -0.2) is 15.0 Å². The Bertz CT molecular complexity index is 660. The minimum absolute atomic E-state index is 0.279. The molecular formula is C12H7BrFN3. The molecule has 0 saturated heterocycles. The zero-order valence-electron chi connectivity index (χ0n) is 8.61. The predicted molar refractivity (Wildman–Crippen MR) is 67.0 cm³/mol. The van der Waals surface area contributed by atoms with Crippen molar-refractivity contribution in [3.63, 3.8) is 0 Å². The van der Waals surface area contributed by atoms with Crippen LogP contribution in [0.3, 0.4) is 0 Å². The van der Waals surface area contributed by atoms with Crippen molar-refractivity contribution in [3.8, 4) is 11.4 Å². The number of hydrogen-bond acceptors (Lipinski definition) is 2. The van der Waals surface area contributed by atoms with Gasteiger partial charge in [0.1, 0.15) is 11.6 Å². The number of nitrogens with one attached hydrogen (secondary N) is 1. The molecular weight excluding hydrogens is 285 g/mol. The Balaban J connectivity index is 2.20. The maximum atomic E-state index is 13.0. The molecule has 0 atom stereocenters. The van der Waals surface area contributed by atoms with Gasteiger partial charge in [0.25, 0.3) is 0 Å². The largest absolute Gasteiger partial charge is 0.337 e. The molecule has 3 nitrogen and oxygen atoms in total. The van der Waals surface area contributed by atoms with E-state index in [2.05, 4.69) is 30.9 Å². The maximum absolute atomic E-state index is 13.0. The number of aromatic nitrogens is 3. The highest BCUT2D eigenvalue weighted by Crippen LogP contribution is 2.28. The minimum Gasteiger partial charge on any atom is -0.337 e. The van der Waals surface area contributed by atoms with Crippen LogP contribution in [0.25, 0.3) is 22.4 Å². The summed E-state index contributed by atoms with van der Waals surface area (Å²) in [7, 11) is 0. The zero-order valence-corrected chi connectivity index (χ0v) is 10.2. The number of pyridine rings is 1. The van der Waals surface area contributed by atoms with Gasteiger partial charge in [0, 0.05) is 16.2 Å². The molecule has 5 heteroatoms. The molecule has 3 rings (SSSR count). The number of hydrogen-bond donors (Lipinski definition) is 1. The van der Waals surface area contributed by atoms with Gasteiger partial charge in [0.2, 0.25) is 0 Å². The van der Waals surface area contributed by atoms with Gasteiger partial charge < -0.3 is 4.98 Å². The number of nitrogens with zero attached hydrogens (tertiary/aromatic N) is 2. The quantitative estimate of drug-likeness (QED) is 0.745. The van der Waals surface area contributed by atoms with Crippen LogP contribution < -0.4 is 0 Å². The Labute approximate surface area is 105 Å².